The number of methoxy groups -OCH3 is 2. The molecule has 0 heterocycles. The summed E-state index contributed by atoms with van der Waals surface area (Å²) in [5.41, 5.74) is 0. The van der Waals surface area contributed by atoms with Crippen molar-refractivity contribution in [2.24, 2.45) is 0 Å². The van der Waals surface area contributed by atoms with Gasteiger partial charge in [-0.1, -0.05) is 0 Å². The van der Waals surface area contributed by atoms with Crippen LogP contribution in [0.4, 0.5) is 0 Å². The van der Waals surface area contributed by atoms with Crippen molar-refractivity contribution in [3.8, 4) is 0 Å². The lowest BCUT2D eigenvalue weighted by atomic mass is 9.92. The number of hydrogen-bond donors (Lipinski definition) is 0. The zero-order valence-electron chi connectivity index (χ0n) is 5.39. The zero-order chi connectivity index (χ0) is 5.98. The molecule has 0 aliphatic heterocycles. The van der Waals surface area contributed by atoms with Crippen molar-refractivity contribution in [3.63, 3.8) is 0 Å². The fourth-order valence-corrected chi connectivity index (χ4v) is 0.978. The molecular formula is C6H12O2. The van der Waals surface area contributed by atoms with Crippen molar-refractivity contribution in [2.75, 3.05) is 14.2 Å². The van der Waals surface area contributed by atoms with Gasteiger partial charge in [-0.05, 0) is 12.8 Å². The Morgan fingerprint density at radius 1 is 1.00 bits per heavy atom. The smallest absolute Gasteiger partial charge is 0.0833 e. The van der Waals surface area contributed by atoms with Crippen molar-refractivity contribution < 1.29 is 9.47 Å². The van der Waals surface area contributed by atoms with Gasteiger partial charge in [0.05, 0.1) is 12.2 Å². The van der Waals surface area contributed by atoms with Crippen LogP contribution in [0.5, 0.6) is 0 Å². The summed E-state index contributed by atoms with van der Waals surface area (Å²) in [5.74, 6) is 0. The first-order valence-corrected chi connectivity index (χ1v) is 2.94. The zero-order valence-corrected chi connectivity index (χ0v) is 5.39. The molecule has 0 spiro atoms. The number of rotatable bonds is 2. The summed E-state index contributed by atoms with van der Waals surface area (Å²) in [7, 11) is 3.46. The predicted molar refractivity (Wildman–Crippen MR) is 30.8 cm³/mol. The molecule has 1 fully saturated rings. The second-order valence-electron chi connectivity index (χ2n) is 2.13. The van der Waals surface area contributed by atoms with Crippen molar-refractivity contribution >= 4 is 0 Å². The quantitative estimate of drug-likeness (QED) is 0.531. The average molecular weight is 116 g/mol. The fraction of sp³-hybridized carbons (Fsp3) is 1.00. The minimum atomic E-state index is 0.375. The largest absolute Gasteiger partial charge is 0.379 e. The van der Waals surface area contributed by atoms with Crippen LogP contribution in [0, 0.1) is 0 Å². The molecule has 0 bridgehead atoms. The van der Waals surface area contributed by atoms with Gasteiger partial charge < -0.3 is 9.47 Å². The summed E-state index contributed by atoms with van der Waals surface area (Å²) in [5, 5.41) is 0. The average Bonchev–Trinajstić information content (AvgIpc) is 1.66. The molecule has 2 heteroatoms. The minimum absolute atomic E-state index is 0.375. The van der Waals surface area contributed by atoms with E-state index in [2.05, 4.69) is 0 Å². The van der Waals surface area contributed by atoms with Crippen LogP contribution in [0.15, 0.2) is 0 Å². The van der Waals surface area contributed by atoms with Gasteiger partial charge in [0.25, 0.3) is 0 Å². The third-order valence-corrected chi connectivity index (χ3v) is 1.76. The van der Waals surface area contributed by atoms with E-state index in [4.69, 9.17) is 9.47 Å². The van der Waals surface area contributed by atoms with E-state index in [1.54, 1.807) is 14.2 Å². The fourth-order valence-electron chi connectivity index (χ4n) is 0.978. The Bertz CT molecular complexity index is 58.9. The highest BCUT2D eigenvalue weighted by molar-refractivity contribution is 4.81. The lowest BCUT2D eigenvalue weighted by Gasteiger charge is -2.33. The Kier molecular flexibility index (Phi) is 1.86. The lowest BCUT2D eigenvalue weighted by Crippen LogP contribution is -2.39. The molecule has 1 aliphatic carbocycles. The van der Waals surface area contributed by atoms with E-state index in [1.165, 1.54) is 0 Å². The van der Waals surface area contributed by atoms with E-state index in [0.717, 1.165) is 12.8 Å². The Morgan fingerprint density at radius 2 is 1.38 bits per heavy atom. The standard InChI is InChI=1S/C6H12O2/c1-7-5-3-4-6(5)8-2/h5-6H,3-4H2,1-2H3/t5-,6-/m0/s1. The van der Waals surface area contributed by atoms with Crippen LogP contribution in [0.2, 0.25) is 0 Å². The summed E-state index contributed by atoms with van der Waals surface area (Å²) in [6.45, 7) is 0. The summed E-state index contributed by atoms with van der Waals surface area (Å²) < 4.78 is 10.1. The minimum Gasteiger partial charge on any atom is -0.379 e. The Hall–Kier alpha value is -0.0800. The first-order valence-electron chi connectivity index (χ1n) is 2.94. The number of hydrogen-bond acceptors (Lipinski definition) is 2. The van der Waals surface area contributed by atoms with Gasteiger partial charge in [-0.15, -0.1) is 0 Å². The van der Waals surface area contributed by atoms with Crippen LogP contribution >= 0.6 is 0 Å². The second-order valence-corrected chi connectivity index (χ2v) is 2.13. The third kappa shape index (κ3) is 0.858. The van der Waals surface area contributed by atoms with Gasteiger partial charge in [0.2, 0.25) is 0 Å². The number of ether oxygens (including phenoxy) is 2. The van der Waals surface area contributed by atoms with Gasteiger partial charge >= 0.3 is 0 Å². The topological polar surface area (TPSA) is 18.5 Å². The van der Waals surface area contributed by atoms with E-state index in [-0.39, 0.29) is 0 Å². The van der Waals surface area contributed by atoms with Crippen LogP contribution < -0.4 is 0 Å². The van der Waals surface area contributed by atoms with E-state index < -0.39 is 0 Å². The molecule has 2 nitrogen and oxygen atoms in total. The highest BCUT2D eigenvalue weighted by atomic mass is 16.5. The van der Waals surface area contributed by atoms with Crippen molar-refractivity contribution in [2.45, 2.75) is 25.0 Å². The van der Waals surface area contributed by atoms with Gasteiger partial charge in [-0.25, -0.2) is 0 Å². The molecule has 0 radical (unpaired) electrons. The van der Waals surface area contributed by atoms with Gasteiger partial charge in [-0.2, -0.15) is 0 Å². The maximum atomic E-state index is 5.06. The van der Waals surface area contributed by atoms with Gasteiger partial charge in [-0.3, -0.25) is 0 Å². The Labute approximate surface area is 49.8 Å². The molecule has 2 atom stereocenters. The molecule has 0 aromatic carbocycles. The highest BCUT2D eigenvalue weighted by Crippen LogP contribution is 2.24. The summed E-state index contributed by atoms with van der Waals surface area (Å²) in [4.78, 5) is 0. The molecule has 1 rings (SSSR count). The van der Waals surface area contributed by atoms with Gasteiger partial charge in [0.1, 0.15) is 0 Å². The van der Waals surface area contributed by atoms with Crippen LogP contribution in [-0.4, -0.2) is 26.4 Å². The predicted octanol–water partition coefficient (Wildman–Crippen LogP) is 0.810. The molecule has 0 aromatic heterocycles. The lowest BCUT2D eigenvalue weighted by molar-refractivity contribution is -0.0961. The van der Waals surface area contributed by atoms with Crippen LogP contribution in [0.1, 0.15) is 12.8 Å². The second kappa shape index (κ2) is 2.46. The van der Waals surface area contributed by atoms with Crippen LogP contribution in [0.25, 0.3) is 0 Å². The van der Waals surface area contributed by atoms with E-state index in [0.29, 0.717) is 12.2 Å². The maximum absolute atomic E-state index is 5.06. The molecular weight excluding hydrogens is 104 g/mol. The highest BCUT2D eigenvalue weighted by Gasteiger charge is 2.30. The molecule has 0 N–H and O–H groups in total. The summed E-state index contributed by atoms with van der Waals surface area (Å²) >= 11 is 0. The van der Waals surface area contributed by atoms with Gasteiger partial charge in [0.15, 0.2) is 0 Å². The normalized spacial score (nSPS) is 36.8. The van der Waals surface area contributed by atoms with E-state index in [1.807, 2.05) is 0 Å². The van der Waals surface area contributed by atoms with E-state index in [9.17, 15) is 0 Å². The molecule has 0 aromatic rings. The molecule has 48 valence electrons. The summed E-state index contributed by atoms with van der Waals surface area (Å²) in [6, 6.07) is 0. The monoisotopic (exact) mass is 116 g/mol. The third-order valence-electron chi connectivity index (χ3n) is 1.76. The molecule has 1 aliphatic rings. The molecule has 8 heavy (non-hydrogen) atoms. The SMILES string of the molecule is CO[C@H]1CC[C@@H]1OC. The summed E-state index contributed by atoms with van der Waals surface area (Å²) in [6.07, 6.45) is 3.07. The Morgan fingerprint density at radius 3 is 1.50 bits per heavy atom. The molecule has 0 unspecified atom stereocenters. The van der Waals surface area contributed by atoms with Crippen molar-refractivity contribution in [3.05, 3.63) is 0 Å². The van der Waals surface area contributed by atoms with Crippen molar-refractivity contribution in [1.29, 1.82) is 0 Å². The maximum Gasteiger partial charge on any atom is 0.0833 e. The molecule has 1 saturated carbocycles. The van der Waals surface area contributed by atoms with Crippen molar-refractivity contribution in [1.82, 2.24) is 0 Å². The van der Waals surface area contributed by atoms with E-state index >= 15 is 0 Å². The first-order chi connectivity index (χ1) is 3.88. The molecule has 0 amide bonds. The first kappa shape index (κ1) is 6.05. The van der Waals surface area contributed by atoms with Crippen LogP contribution in [-0.2, 0) is 9.47 Å². The van der Waals surface area contributed by atoms with Crippen LogP contribution in [0.3, 0.4) is 0 Å². The molecule has 0 saturated heterocycles. The van der Waals surface area contributed by atoms with Gasteiger partial charge in [0, 0.05) is 14.2 Å². The Balaban J connectivity index is 2.16.